The molecule has 2 N–H and O–H groups in total. The lowest BCUT2D eigenvalue weighted by molar-refractivity contribution is 0.573. The lowest BCUT2D eigenvalue weighted by atomic mass is 10.3. The van der Waals surface area contributed by atoms with Crippen molar-refractivity contribution in [3.8, 4) is 11.8 Å². The van der Waals surface area contributed by atoms with E-state index in [2.05, 4.69) is 37.3 Å². The van der Waals surface area contributed by atoms with E-state index in [-0.39, 0.29) is 5.56 Å². The number of fused-ring (bicyclic) bond motifs is 1. The second kappa shape index (κ2) is 8.32. The minimum absolute atomic E-state index is 0.148. The molecule has 3 aromatic rings. The first-order chi connectivity index (χ1) is 14.2. The summed E-state index contributed by atoms with van der Waals surface area (Å²) < 4.78 is 3.40. The molecule has 1 aliphatic rings. The summed E-state index contributed by atoms with van der Waals surface area (Å²) in [7, 11) is 1.71. The van der Waals surface area contributed by atoms with Gasteiger partial charge in [0.15, 0.2) is 11.2 Å². The fourth-order valence-corrected chi connectivity index (χ4v) is 3.39. The maximum Gasteiger partial charge on any atom is 0.281 e. The van der Waals surface area contributed by atoms with Crippen LogP contribution in [0.2, 0.25) is 0 Å². The van der Waals surface area contributed by atoms with Gasteiger partial charge in [0, 0.05) is 39.4 Å². The van der Waals surface area contributed by atoms with Crippen LogP contribution in [-0.4, -0.2) is 50.3 Å². The number of aromatic nitrogens is 5. The van der Waals surface area contributed by atoms with Gasteiger partial charge in [-0.15, -0.1) is 5.92 Å². The first kappa shape index (κ1) is 19.0. The van der Waals surface area contributed by atoms with Gasteiger partial charge in [0.05, 0.1) is 18.8 Å². The molecule has 1 aliphatic heterocycles. The first-order valence-corrected chi connectivity index (χ1v) is 9.65. The Balaban J connectivity index is 1.76. The van der Waals surface area contributed by atoms with Crippen molar-refractivity contribution in [3.05, 3.63) is 40.4 Å². The van der Waals surface area contributed by atoms with Gasteiger partial charge in [0.2, 0.25) is 11.9 Å². The van der Waals surface area contributed by atoms with Gasteiger partial charge >= 0.3 is 0 Å². The molecule has 0 aromatic carbocycles. The van der Waals surface area contributed by atoms with Gasteiger partial charge in [-0.25, -0.2) is 0 Å². The number of anilines is 2. The summed E-state index contributed by atoms with van der Waals surface area (Å²) in [5, 5.41) is 6.54. The van der Waals surface area contributed by atoms with Crippen molar-refractivity contribution in [1.82, 2.24) is 29.4 Å². The second-order valence-electron chi connectivity index (χ2n) is 6.81. The minimum Gasteiger partial charge on any atom is -0.350 e. The molecule has 0 aliphatic carbocycles. The summed E-state index contributed by atoms with van der Waals surface area (Å²) in [5.41, 5.74) is 1.63. The van der Waals surface area contributed by atoms with E-state index in [0.717, 1.165) is 37.8 Å². The van der Waals surface area contributed by atoms with E-state index in [1.807, 2.05) is 22.8 Å². The molecule has 0 atom stereocenters. The second-order valence-corrected chi connectivity index (χ2v) is 6.81. The number of imidazole rings is 1. The van der Waals surface area contributed by atoms with Gasteiger partial charge in [-0.3, -0.25) is 18.9 Å². The van der Waals surface area contributed by atoms with Gasteiger partial charge in [-0.2, -0.15) is 9.97 Å². The highest BCUT2D eigenvalue weighted by Gasteiger charge is 2.22. The van der Waals surface area contributed by atoms with Crippen LogP contribution in [0.5, 0.6) is 0 Å². The van der Waals surface area contributed by atoms with E-state index in [4.69, 9.17) is 4.98 Å². The largest absolute Gasteiger partial charge is 0.350 e. The van der Waals surface area contributed by atoms with Crippen LogP contribution < -0.4 is 21.1 Å². The van der Waals surface area contributed by atoms with Crippen molar-refractivity contribution in [2.24, 2.45) is 7.05 Å². The predicted molar refractivity (Wildman–Crippen MR) is 113 cm³/mol. The number of nitrogens with one attached hydrogen (secondary N) is 2. The molecule has 4 heterocycles. The zero-order valence-electron chi connectivity index (χ0n) is 16.6. The Bertz CT molecular complexity index is 1120. The minimum atomic E-state index is -0.148. The maximum atomic E-state index is 13.2. The van der Waals surface area contributed by atoms with Crippen molar-refractivity contribution in [2.75, 3.05) is 36.4 Å². The van der Waals surface area contributed by atoms with Crippen molar-refractivity contribution in [3.63, 3.8) is 0 Å². The van der Waals surface area contributed by atoms with Gasteiger partial charge in [0.1, 0.15) is 0 Å². The van der Waals surface area contributed by atoms with Gasteiger partial charge < -0.3 is 15.5 Å². The molecule has 0 unspecified atom stereocenters. The third-order valence-electron chi connectivity index (χ3n) is 4.93. The van der Waals surface area contributed by atoms with Crippen molar-refractivity contribution < 1.29 is 0 Å². The molecule has 150 valence electrons. The third-order valence-corrected chi connectivity index (χ3v) is 4.93. The summed E-state index contributed by atoms with van der Waals surface area (Å²) in [6, 6.07) is 5.72. The fraction of sp³-hybridized carbons (Fsp3) is 0.400. The molecule has 0 bridgehead atoms. The molecular formula is C20H24N8O. The number of nitrogens with zero attached hydrogens (tertiary/aromatic N) is 6. The van der Waals surface area contributed by atoms with Gasteiger partial charge in [0.25, 0.3) is 5.56 Å². The molecule has 3 aromatic heterocycles. The van der Waals surface area contributed by atoms with Gasteiger partial charge in [-0.1, -0.05) is 12.0 Å². The molecule has 1 fully saturated rings. The van der Waals surface area contributed by atoms with Crippen LogP contribution in [0.25, 0.3) is 11.2 Å². The Morgan fingerprint density at radius 1 is 1.24 bits per heavy atom. The van der Waals surface area contributed by atoms with E-state index in [1.54, 1.807) is 20.2 Å². The molecular weight excluding hydrogens is 368 g/mol. The highest BCUT2D eigenvalue weighted by atomic mass is 16.1. The molecule has 1 saturated heterocycles. The summed E-state index contributed by atoms with van der Waals surface area (Å²) in [4.78, 5) is 29.0. The van der Waals surface area contributed by atoms with Crippen LogP contribution in [0.3, 0.4) is 0 Å². The van der Waals surface area contributed by atoms with Crippen LogP contribution >= 0.6 is 0 Å². The molecule has 9 heteroatoms. The molecule has 0 amide bonds. The highest BCUT2D eigenvalue weighted by Crippen LogP contribution is 2.21. The highest BCUT2D eigenvalue weighted by molar-refractivity contribution is 5.75. The monoisotopic (exact) mass is 392 g/mol. The van der Waals surface area contributed by atoms with E-state index in [9.17, 15) is 4.79 Å². The SMILES string of the molecule is CC#CCn1c(N2CCNCC2)nc2nc(NCc3ccccn3)n(C)c(=O)c21. The summed E-state index contributed by atoms with van der Waals surface area (Å²) in [5.74, 6) is 7.18. The lowest BCUT2D eigenvalue weighted by Gasteiger charge is -2.28. The topological polar surface area (TPSA) is 92.9 Å². The van der Waals surface area contributed by atoms with E-state index in [1.165, 1.54) is 4.57 Å². The van der Waals surface area contributed by atoms with E-state index >= 15 is 0 Å². The zero-order chi connectivity index (χ0) is 20.2. The predicted octanol–water partition coefficient (Wildman–Crippen LogP) is 0.570. The molecule has 9 nitrogen and oxygen atoms in total. The number of hydrogen-bond donors (Lipinski definition) is 2. The Morgan fingerprint density at radius 2 is 2.07 bits per heavy atom. The fourth-order valence-electron chi connectivity index (χ4n) is 3.39. The molecule has 29 heavy (non-hydrogen) atoms. The van der Waals surface area contributed by atoms with E-state index < -0.39 is 0 Å². The summed E-state index contributed by atoms with van der Waals surface area (Å²) in [6.07, 6.45) is 1.74. The Labute approximate surface area is 168 Å². The molecule has 0 saturated carbocycles. The Morgan fingerprint density at radius 3 is 2.79 bits per heavy atom. The van der Waals surface area contributed by atoms with Crippen LogP contribution in [0, 0.1) is 11.8 Å². The summed E-state index contributed by atoms with van der Waals surface area (Å²) >= 11 is 0. The third kappa shape index (κ3) is 3.79. The maximum absolute atomic E-state index is 13.2. The average molecular weight is 392 g/mol. The average Bonchev–Trinajstić information content (AvgIpc) is 3.13. The normalized spacial score (nSPS) is 13.9. The molecule has 0 spiro atoms. The molecule has 0 radical (unpaired) electrons. The number of pyridine rings is 1. The standard InChI is InChI=1S/C20H24N8O/c1-3-4-11-28-16-17(25-20(28)27-12-9-21-10-13-27)24-19(26(2)18(16)29)23-14-15-7-5-6-8-22-15/h5-8,21H,9-14H2,1-2H3,(H,23,24). The number of piperazine rings is 1. The zero-order valence-corrected chi connectivity index (χ0v) is 16.6. The van der Waals surface area contributed by atoms with Crippen LogP contribution in [0.1, 0.15) is 12.6 Å². The van der Waals surface area contributed by atoms with Crippen molar-refractivity contribution in [2.45, 2.75) is 20.0 Å². The number of hydrogen-bond acceptors (Lipinski definition) is 7. The Kier molecular flexibility index (Phi) is 5.44. The first-order valence-electron chi connectivity index (χ1n) is 9.65. The van der Waals surface area contributed by atoms with E-state index in [0.29, 0.717) is 30.2 Å². The Hall–Kier alpha value is -3.38. The number of rotatable bonds is 5. The van der Waals surface area contributed by atoms with Crippen LogP contribution in [0.4, 0.5) is 11.9 Å². The smallest absolute Gasteiger partial charge is 0.281 e. The van der Waals surface area contributed by atoms with Crippen LogP contribution in [0.15, 0.2) is 29.2 Å². The van der Waals surface area contributed by atoms with Crippen molar-refractivity contribution in [1.29, 1.82) is 0 Å². The van der Waals surface area contributed by atoms with Gasteiger partial charge in [-0.05, 0) is 19.1 Å². The summed E-state index contributed by atoms with van der Waals surface area (Å²) in [6.45, 7) is 6.08. The van der Waals surface area contributed by atoms with Crippen molar-refractivity contribution >= 4 is 23.1 Å². The molecule has 4 rings (SSSR count). The quantitative estimate of drug-likeness (QED) is 0.613. The lowest BCUT2D eigenvalue weighted by Crippen LogP contribution is -2.44. The van der Waals surface area contributed by atoms with Crippen LogP contribution in [-0.2, 0) is 20.1 Å².